The van der Waals surface area contributed by atoms with Crippen molar-refractivity contribution >= 4 is 5.78 Å². The van der Waals surface area contributed by atoms with Crippen LogP contribution in [0.2, 0.25) is 0 Å². The number of aliphatic hydroxyl groups is 1. The summed E-state index contributed by atoms with van der Waals surface area (Å²) in [6, 6.07) is 3.64. The van der Waals surface area contributed by atoms with E-state index in [1.165, 1.54) is 0 Å². The smallest absolute Gasteiger partial charge is 0.142 e. The molecule has 0 aromatic heterocycles. The molecule has 16 heavy (non-hydrogen) atoms. The fraction of sp³-hybridized carbons (Fsp3) is 0.462. The van der Waals surface area contributed by atoms with Crippen LogP contribution in [0.15, 0.2) is 12.1 Å². The zero-order valence-corrected chi connectivity index (χ0v) is 9.95. The molecule has 0 saturated carbocycles. The van der Waals surface area contributed by atoms with E-state index in [-0.39, 0.29) is 30.5 Å². The fourth-order valence-electron chi connectivity index (χ4n) is 1.75. The van der Waals surface area contributed by atoms with Crippen molar-refractivity contribution < 1.29 is 15.0 Å². The molecule has 2 N–H and O–H groups in total. The molecular formula is C13H18O3. The molecular weight excluding hydrogens is 204 g/mol. The van der Waals surface area contributed by atoms with E-state index in [1.54, 1.807) is 0 Å². The first-order valence-corrected chi connectivity index (χ1v) is 5.41. The van der Waals surface area contributed by atoms with E-state index in [9.17, 15) is 9.90 Å². The van der Waals surface area contributed by atoms with Gasteiger partial charge in [0.25, 0.3) is 0 Å². The second kappa shape index (κ2) is 5.12. The number of phenols is 1. The van der Waals surface area contributed by atoms with Crippen LogP contribution in [-0.4, -0.2) is 22.6 Å². The van der Waals surface area contributed by atoms with Gasteiger partial charge in [0.1, 0.15) is 11.5 Å². The Bertz CT molecular complexity index is 373. The van der Waals surface area contributed by atoms with Crippen LogP contribution in [-0.2, 0) is 4.79 Å². The van der Waals surface area contributed by atoms with E-state index in [0.717, 1.165) is 16.7 Å². The molecule has 0 unspecified atom stereocenters. The zero-order valence-electron chi connectivity index (χ0n) is 9.95. The third-order valence-electron chi connectivity index (χ3n) is 2.85. The standard InChI is InChI=1S/C13H18O3/c1-8-6-11(7-9(2)13(8)16)10(3)12(15)4-5-14/h6-7,10,14,16H,4-5H2,1-3H3/t10-/m1/s1. The Labute approximate surface area is 95.7 Å². The van der Waals surface area contributed by atoms with E-state index in [4.69, 9.17) is 5.11 Å². The van der Waals surface area contributed by atoms with Crippen LogP contribution in [0.5, 0.6) is 5.75 Å². The molecule has 3 nitrogen and oxygen atoms in total. The summed E-state index contributed by atoms with van der Waals surface area (Å²) in [5.74, 6) is 0.0719. The normalized spacial score (nSPS) is 12.5. The molecule has 0 aliphatic carbocycles. The Balaban J connectivity index is 3.01. The van der Waals surface area contributed by atoms with Gasteiger partial charge in [-0.25, -0.2) is 0 Å². The summed E-state index contributed by atoms with van der Waals surface area (Å²) in [7, 11) is 0. The zero-order chi connectivity index (χ0) is 12.3. The topological polar surface area (TPSA) is 57.5 Å². The maximum Gasteiger partial charge on any atom is 0.142 e. The molecule has 88 valence electrons. The number of hydrogen-bond acceptors (Lipinski definition) is 3. The third kappa shape index (κ3) is 2.61. The lowest BCUT2D eigenvalue weighted by molar-refractivity contribution is -0.120. The molecule has 1 atom stereocenters. The molecule has 0 heterocycles. The molecule has 0 saturated heterocycles. The monoisotopic (exact) mass is 222 g/mol. The van der Waals surface area contributed by atoms with Gasteiger partial charge in [0.15, 0.2) is 0 Å². The molecule has 0 spiro atoms. The van der Waals surface area contributed by atoms with E-state index in [2.05, 4.69) is 0 Å². The first kappa shape index (κ1) is 12.7. The summed E-state index contributed by atoms with van der Waals surface area (Å²) in [5.41, 5.74) is 2.45. The van der Waals surface area contributed by atoms with E-state index in [1.807, 2.05) is 32.9 Å². The number of hydrogen-bond donors (Lipinski definition) is 2. The lowest BCUT2D eigenvalue weighted by Crippen LogP contribution is -2.11. The highest BCUT2D eigenvalue weighted by atomic mass is 16.3. The van der Waals surface area contributed by atoms with Crippen molar-refractivity contribution in [1.82, 2.24) is 0 Å². The summed E-state index contributed by atoms with van der Waals surface area (Å²) >= 11 is 0. The molecule has 0 aliphatic rings. The second-order valence-electron chi connectivity index (χ2n) is 4.16. The highest BCUT2D eigenvalue weighted by Gasteiger charge is 2.16. The van der Waals surface area contributed by atoms with E-state index >= 15 is 0 Å². The third-order valence-corrected chi connectivity index (χ3v) is 2.85. The summed E-state index contributed by atoms with van der Waals surface area (Å²) in [4.78, 5) is 11.6. The maximum atomic E-state index is 11.6. The van der Waals surface area contributed by atoms with Crippen LogP contribution >= 0.6 is 0 Å². The number of ketones is 1. The van der Waals surface area contributed by atoms with Crippen molar-refractivity contribution in [1.29, 1.82) is 0 Å². The predicted octanol–water partition coefficient (Wildman–Crippen LogP) is 2.06. The molecule has 1 aromatic rings. The van der Waals surface area contributed by atoms with Crippen molar-refractivity contribution in [3.8, 4) is 5.75 Å². The van der Waals surface area contributed by atoms with Crippen LogP contribution < -0.4 is 0 Å². The summed E-state index contributed by atoms with van der Waals surface area (Å²) in [6.07, 6.45) is 0.181. The first-order chi connectivity index (χ1) is 7.47. The largest absolute Gasteiger partial charge is 0.507 e. The first-order valence-electron chi connectivity index (χ1n) is 5.41. The molecule has 0 fully saturated rings. The van der Waals surface area contributed by atoms with Gasteiger partial charge < -0.3 is 10.2 Å². The highest BCUT2D eigenvalue weighted by Crippen LogP contribution is 2.27. The van der Waals surface area contributed by atoms with Crippen LogP contribution in [0.1, 0.15) is 36.0 Å². The summed E-state index contributed by atoms with van der Waals surface area (Å²) in [6.45, 7) is 5.34. The minimum atomic E-state index is -0.231. The van der Waals surface area contributed by atoms with Gasteiger partial charge in [-0.15, -0.1) is 0 Å². The summed E-state index contributed by atoms with van der Waals surface area (Å²) < 4.78 is 0. The molecule has 0 amide bonds. The molecule has 0 aliphatic heterocycles. The number of benzene rings is 1. The van der Waals surface area contributed by atoms with Crippen molar-refractivity contribution in [2.75, 3.05) is 6.61 Å². The SMILES string of the molecule is Cc1cc([C@@H](C)C(=O)CCO)cc(C)c1O. The number of carbonyl (C=O) groups is 1. The van der Waals surface area contributed by atoms with Gasteiger partial charge >= 0.3 is 0 Å². The van der Waals surface area contributed by atoms with Crippen molar-refractivity contribution in [3.05, 3.63) is 28.8 Å². The molecule has 0 bridgehead atoms. The molecule has 1 aromatic carbocycles. The van der Waals surface area contributed by atoms with Crippen molar-refractivity contribution in [2.24, 2.45) is 0 Å². The van der Waals surface area contributed by atoms with Crippen LogP contribution in [0, 0.1) is 13.8 Å². The number of aliphatic hydroxyl groups excluding tert-OH is 1. The van der Waals surface area contributed by atoms with Gasteiger partial charge in [-0.3, -0.25) is 4.79 Å². The Kier molecular flexibility index (Phi) is 4.07. The van der Waals surface area contributed by atoms with Gasteiger partial charge in [-0.1, -0.05) is 19.1 Å². The lowest BCUT2D eigenvalue weighted by atomic mass is 9.92. The Morgan fingerprint density at radius 1 is 1.31 bits per heavy atom. The number of phenolic OH excluding ortho intramolecular Hbond substituents is 1. The maximum absolute atomic E-state index is 11.6. The second-order valence-corrected chi connectivity index (χ2v) is 4.16. The van der Waals surface area contributed by atoms with Gasteiger partial charge in [0.05, 0.1) is 0 Å². The number of aromatic hydroxyl groups is 1. The average Bonchev–Trinajstić information content (AvgIpc) is 2.24. The average molecular weight is 222 g/mol. The van der Waals surface area contributed by atoms with Crippen molar-refractivity contribution in [3.63, 3.8) is 0 Å². The number of carbonyl (C=O) groups excluding carboxylic acids is 1. The van der Waals surface area contributed by atoms with Gasteiger partial charge in [0.2, 0.25) is 0 Å². The number of Topliss-reactive ketones (excluding diaryl/α,β-unsaturated/α-hetero) is 1. The quantitative estimate of drug-likeness (QED) is 0.819. The van der Waals surface area contributed by atoms with Gasteiger partial charge in [-0.2, -0.15) is 0 Å². The number of rotatable bonds is 4. The lowest BCUT2D eigenvalue weighted by Gasteiger charge is -2.13. The van der Waals surface area contributed by atoms with E-state index in [0.29, 0.717) is 0 Å². The Morgan fingerprint density at radius 2 is 1.81 bits per heavy atom. The van der Waals surface area contributed by atoms with Gasteiger partial charge in [0, 0.05) is 18.9 Å². The Morgan fingerprint density at radius 3 is 2.25 bits per heavy atom. The molecule has 1 rings (SSSR count). The fourth-order valence-corrected chi connectivity index (χ4v) is 1.75. The van der Waals surface area contributed by atoms with Crippen molar-refractivity contribution in [2.45, 2.75) is 33.1 Å². The van der Waals surface area contributed by atoms with Crippen LogP contribution in [0.4, 0.5) is 0 Å². The predicted molar refractivity (Wildman–Crippen MR) is 62.7 cm³/mol. The minimum Gasteiger partial charge on any atom is -0.507 e. The Hall–Kier alpha value is -1.35. The number of aryl methyl sites for hydroxylation is 2. The van der Waals surface area contributed by atoms with Crippen LogP contribution in [0.25, 0.3) is 0 Å². The highest BCUT2D eigenvalue weighted by molar-refractivity contribution is 5.85. The summed E-state index contributed by atoms with van der Waals surface area (Å²) in [5, 5.41) is 18.4. The van der Waals surface area contributed by atoms with Crippen LogP contribution in [0.3, 0.4) is 0 Å². The van der Waals surface area contributed by atoms with Gasteiger partial charge in [-0.05, 0) is 30.5 Å². The van der Waals surface area contributed by atoms with E-state index < -0.39 is 0 Å². The molecule has 3 heteroatoms. The molecule has 0 radical (unpaired) electrons. The minimum absolute atomic E-state index is 0.0204.